The van der Waals surface area contributed by atoms with Gasteiger partial charge in [0.1, 0.15) is 0 Å². The predicted octanol–water partition coefficient (Wildman–Crippen LogP) is 4.00. The highest BCUT2D eigenvalue weighted by molar-refractivity contribution is 6.31. The van der Waals surface area contributed by atoms with Crippen LogP contribution in [0.3, 0.4) is 0 Å². The number of aliphatic hydroxyl groups is 1. The van der Waals surface area contributed by atoms with Crippen LogP contribution in [0.15, 0.2) is 18.5 Å². The smallest absolute Gasteiger partial charge is 0.0688 e. The maximum Gasteiger partial charge on any atom is 0.0688 e. The first kappa shape index (κ1) is 13.8. The minimum atomic E-state index is -0.598. The van der Waals surface area contributed by atoms with E-state index < -0.39 is 5.60 Å². The molecule has 1 N–H and O–H groups in total. The Kier molecular flexibility index (Phi) is 3.98. The lowest BCUT2D eigenvalue weighted by Crippen LogP contribution is -2.31. The summed E-state index contributed by atoms with van der Waals surface area (Å²) >= 11 is 6.13. The molecule has 1 aliphatic rings. The summed E-state index contributed by atoms with van der Waals surface area (Å²) in [4.78, 5) is 3.99. The lowest BCUT2D eigenvalue weighted by molar-refractivity contribution is 0.0226. The Morgan fingerprint density at radius 1 is 1.28 bits per heavy atom. The second-order valence-corrected chi connectivity index (χ2v) is 6.79. The Bertz CT molecular complexity index is 419. The van der Waals surface area contributed by atoms with Gasteiger partial charge in [0.05, 0.1) is 10.6 Å². The van der Waals surface area contributed by atoms with Gasteiger partial charge in [0, 0.05) is 18.8 Å². The molecule has 0 spiro atoms. The molecule has 1 fully saturated rings. The molecule has 0 saturated heterocycles. The van der Waals surface area contributed by atoms with Crippen molar-refractivity contribution >= 4 is 11.6 Å². The van der Waals surface area contributed by atoms with Gasteiger partial charge in [-0.15, -0.1) is 0 Å². The minimum Gasteiger partial charge on any atom is -0.390 e. The Labute approximate surface area is 114 Å². The standard InChI is InChI=1S/C15H22ClNO/c1-14(2)5-3-6-15(18,8-7-14)10-12-4-9-17-11-13(12)16/h4,9,11,18H,3,5-8,10H2,1-2H3. The molecular weight excluding hydrogens is 246 g/mol. The third-order valence-electron chi connectivity index (χ3n) is 4.14. The van der Waals surface area contributed by atoms with Crippen molar-refractivity contribution in [3.05, 3.63) is 29.0 Å². The summed E-state index contributed by atoms with van der Waals surface area (Å²) < 4.78 is 0. The lowest BCUT2D eigenvalue weighted by atomic mass is 9.83. The van der Waals surface area contributed by atoms with Crippen LogP contribution >= 0.6 is 11.6 Å². The van der Waals surface area contributed by atoms with Crippen LogP contribution in [0.5, 0.6) is 0 Å². The van der Waals surface area contributed by atoms with Crippen molar-refractivity contribution in [1.29, 1.82) is 0 Å². The predicted molar refractivity (Wildman–Crippen MR) is 74.8 cm³/mol. The van der Waals surface area contributed by atoms with E-state index in [9.17, 15) is 5.11 Å². The number of aromatic nitrogens is 1. The van der Waals surface area contributed by atoms with E-state index in [1.165, 1.54) is 6.42 Å². The monoisotopic (exact) mass is 267 g/mol. The number of halogens is 1. The van der Waals surface area contributed by atoms with E-state index in [-0.39, 0.29) is 0 Å². The first-order valence-electron chi connectivity index (χ1n) is 6.71. The van der Waals surface area contributed by atoms with Crippen molar-refractivity contribution in [2.75, 3.05) is 0 Å². The largest absolute Gasteiger partial charge is 0.390 e. The lowest BCUT2D eigenvalue weighted by Gasteiger charge is -2.28. The van der Waals surface area contributed by atoms with Crippen LogP contribution in [0, 0.1) is 5.41 Å². The van der Waals surface area contributed by atoms with Crippen LogP contribution in [-0.2, 0) is 6.42 Å². The number of hydrogen-bond acceptors (Lipinski definition) is 2. The minimum absolute atomic E-state index is 0.354. The van der Waals surface area contributed by atoms with E-state index >= 15 is 0 Å². The van der Waals surface area contributed by atoms with Crippen molar-refractivity contribution in [2.45, 2.75) is 58.0 Å². The van der Waals surface area contributed by atoms with E-state index in [4.69, 9.17) is 11.6 Å². The molecule has 1 unspecified atom stereocenters. The zero-order valence-corrected chi connectivity index (χ0v) is 12.0. The molecule has 2 nitrogen and oxygen atoms in total. The van der Waals surface area contributed by atoms with E-state index in [1.54, 1.807) is 12.4 Å². The fourth-order valence-electron chi connectivity index (χ4n) is 2.80. The Hall–Kier alpha value is -0.600. The molecular formula is C15H22ClNO. The quantitative estimate of drug-likeness (QED) is 0.822. The normalized spacial score (nSPS) is 27.8. The fraction of sp³-hybridized carbons (Fsp3) is 0.667. The van der Waals surface area contributed by atoms with E-state index in [0.29, 0.717) is 16.9 Å². The zero-order valence-electron chi connectivity index (χ0n) is 11.2. The first-order chi connectivity index (χ1) is 8.40. The Balaban J connectivity index is 2.10. The molecule has 18 heavy (non-hydrogen) atoms. The third kappa shape index (κ3) is 3.46. The van der Waals surface area contributed by atoms with Gasteiger partial charge >= 0.3 is 0 Å². The maximum atomic E-state index is 10.8. The van der Waals surface area contributed by atoms with Crippen molar-refractivity contribution < 1.29 is 5.11 Å². The summed E-state index contributed by atoms with van der Waals surface area (Å²) in [6.07, 6.45) is 9.13. The van der Waals surface area contributed by atoms with Crippen LogP contribution in [-0.4, -0.2) is 15.7 Å². The molecule has 1 atom stereocenters. The van der Waals surface area contributed by atoms with Gasteiger partial charge in [0.25, 0.3) is 0 Å². The number of rotatable bonds is 2. The molecule has 0 aliphatic heterocycles. The molecule has 1 aromatic heterocycles. The highest BCUT2D eigenvalue weighted by Crippen LogP contribution is 2.39. The van der Waals surface area contributed by atoms with Gasteiger partial charge in [0.2, 0.25) is 0 Å². The molecule has 100 valence electrons. The molecule has 0 bridgehead atoms. The van der Waals surface area contributed by atoms with Gasteiger partial charge in [-0.2, -0.15) is 0 Å². The molecule has 1 heterocycles. The van der Waals surface area contributed by atoms with Gasteiger partial charge in [-0.1, -0.05) is 31.9 Å². The first-order valence-corrected chi connectivity index (χ1v) is 7.09. The van der Waals surface area contributed by atoms with E-state index in [1.807, 2.05) is 6.07 Å². The number of hydrogen-bond donors (Lipinski definition) is 1. The third-order valence-corrected chi connectivity index (χ3v) is 4.48. The van der Waals surface area contributed by atoms with Gasteiger partial charge in [-0.05, 0) is 42.7 Å². The average molecular weight is 268 g/mol. The molecule has 3 heteroatoms. The zero-order chi connectivity index (χ0) is 13.2. The summed E-state index contributed by atoms with van der Waals surface area (Å²) in [5, 5.41) is 11.4. The van der Waals surface area contributed by atoms with Crippen LogP contribution in [0.1, 0.15) is 51.5 Å². The summed E-state index contributed by atoms with van der Waals surface area (Å²) in [6.45, 7) is 4.58. The summed E-state index contributed by atoms with van der Waals surface area (Å²) in [5.41, 5.74) is 0.763. The van der Waals surface area contributed by atoms with Crippen molar-refractivity contribution in [3.8, 4) is 0 Å². The molecule has 0 aromatic carbocycles. The Morgan fingerprint density at radius 3 is 2.78 bits per heavy atom. The molecule has 1 aliphatic carbocycles. The van der Waals surface area contributed by atoms with Crippen molar-refractivity contribution in [1.82, 2.24) is 4.98 Å². The summed E-state index contributed by atoms with van der Waals surface area (Å²) in [7, 11) is 0. The summed E-state index contributed by atoms with van der Waals surface area (Å²) in [6, 6.07) is 1.91. The van der Waals surface area contributed by atoms with Gasteiger partial charge in [0.15, 0.2) is 0 Å². The molecule has 1 aromatic rings. The molecule has 0 radical (unpaired) electrons. The highest BCUT2D eigenvalue weighted by atomic mass is 35.5. The topological polar surface area (TPSA) is 33.1 Å². The highest BCUT2D eigenvalue weighted by Gasteiger charge is 2.34. The van der Waals surface area contributed by atoms with Gasteiger partial charge in [-0.25, -0.2) is 0 Å². The number of pyridine rings is 1. The molecule has 1 saturated carbocycles. The van der Waals surface area contributed by atoms with Crippen molar-refractivity contribution in [2.24, 2.45) is 5.41 Å². The van der Waals surface area contributed by atoms with Crippen LogP contribution in [0.25, 0.3) is 0 Å². The maximum absolute atomic E-state index is 10.8. The Morgan fingerprint density at radius 2 is 2.06 bits per heavy atom. The van der Waals surface area contributed by atoms with Gasteiger partial charge < -0.3 is 5.11 Å². The van der Waals surface area contributed by atoms with E-state index in [2.05, 4.69) is 18.8 Å². The van der Waals surface area contributed by atoms with E-state index in [0.717, 1.165) is 31.2 Å². The van der Waals surface area contributed by atoms with Crippen LogP contribution in [0.2, 0.25) is 5.02 Å². The second kappa shape index (κ2) is 5.18. The van der Waals surface area contributed by atoms with Crippen molar-refractivity contribution in [3.63, 3.8) is 0 Å². The summed E-state index contributed by atoms with van der Waals surface area (Å²) in [5.74, 6) is 0. The second-order valence-electron chi connectivity index (χ2n) is 6.39. The van der Waals surface area contributed by atoms with Crippen LogP contribution < -0.4 is 0 Å². The molecule has 2 rings (SSSR count). The van der Waals surface area contributed by atoms with Gasteiger partial charge in [-0.3, -0.25) is 4.98 Å². The fourth-order valence-corrected chi connectivity index (χ4v) is 2.98. The van der Waals surface area contributed by atoms with Crippen LogP contribution in [0.4, 0.5) is 0 Å². The number of nitrogens with zero attached hydrogens (tertiary/aromatic N) is 1. The SMILES string of the molecule is CC1(C)CCCC(O)(Cc2ccncc2Cl)CC1. The molecule has 0 amide bonds. The average Bonchev–Trinajstić information content (AvgIpc) is 2.42.